The Morgan fingerprint density at radius 2 is 1.90 bits per heavy atom. The number of benzene rings is 1. The SMILES string of the molecule is CC1=CC[C@@]23OC(C)(C)[C@@H](O)C=C2C(=O)c2c(cc(O)c(c2O)CC(CO)=CC1)C3=O. The summed E-state index contributed by atoms with van der Waals surface area (Å²) in [5.41, 5.74) is -1.63. The van der Waals surface area contributed by atoms with Crippen LogP contribution >= 0.6 is 0 Å². The molecule has 6 rings (SSSR count). The van der Waals surface area contributed by atoms with Crippen LogP contribution in [0.3, 0.4) is 0 Å². The average Bonchev–Trinajstić information content (AvgIpc) is 2.71. The monoisotopic (exact) mass is 426 g/mol. The highest BCUT2D eigenvalue weighted by molar-refractivity contribution is 6.28. The summed E-state index contributed by atoms with van der Waals surface area (Å²) in [5.74, 6) is -2.00. The Kier molecular flexibility index (Phi) is 4.96. The molecule has 2 atom stereocenters. The number of ketones is 2. The van der Waals surface area contributed by atoms with Gasteiger partial charge in [0.05, 0.1) is 17.8 Å². The van der Waals surface area contributed by atoms with E-state index < -0.39 is 34.6 Å². The Hall–Kier alpha value is -2.74. The summed E-state index contributed by atoms with van der Waals surface area (Å²) in [6, 6.07) is 1.19. The van der Waals surface area contributed by atoms with Crippen LogP contribution in [-0.2, 0) is 11.2 Å². The molecule has 0 amide bonds. The van der Waals surface area contributed by atoms with E-state index in [0.717, 1.165) is 5.57 Å². The molecule has 0 aromatic heterocycles. The minimum absolute atomic E-state index is 0.0117. The van der Waals surface area contributed by atoms with Gasteiger partial charge in [-0.25, -0.2) is 0 Å². The Morgan fingerprint density at radius 3 is 2.58 bits per heavy atom. The minimum Gasteiger partial charge on any atom is -0.507 e. The summed E-state index contributed by atoms with van der Waals surface area (Å²) in [5, 5.41) is 41.8. The van der Waals surface area contributed by atoms with E-state index in [2.05, 4.69) is 0 Å². The molecular weight excluding hydrogens is 400 g/mol. The van der Waals surface area contributed by atoms with Gasteiger partial charge in [-0.3, -0.25) is 9.59 Å². The van der Waals surface area contributed by atoms with Crippen molar-refractivity contribution in [1.82, 2.24) is 0 Å². The van der Waals surface area contributed by atoms with Crippen LogP contribution in [0, 0.1) is 0 Å². The van der Waals surface area contributed by atoms with Gasteiger partial charge >= 0.3 is 0 Å². The lowest BCUT2D eigenvalue weighted by molar-refractivity contribution is -0.150. The number of hydrogen-bond acceptors (Lipinski definition) is 7. The van der Waals surface area contributed by atoms with Gasteiger partial charge in [0.25, 0.3) is 0 Å². The molecule has 1 aromatic carbocycles. The van der Waals surface area contributed by atoms with Crippen molar-refractivity contribution in [2.24, 2.45) is 0 Å². The Balaban J connectivity index is 2.07. The number of aromatic hydroxyl groups is 2. The fraction of sp³-hybridized carbons (Fsp3) is 0.417. The molecule has 1 aliphatic heterocycles. The van der Waals surface area contributed by atoms with E-state index in [0.29, 0.717) is 12.0 Å². The number of carbonyl (C=O) groups excluding carboxylic acids is 2. The molecular formula is C24H26O7. The number of fused-ring (bicyclic) bond motifs is 1. The fourth-order valence-corrected chi connectivity index (χ4v) is 4.49. The number of carbonyl (C=O) groups is 2. The molecule has 0 radical (unpaired) electrons. The van der Waals surface area contributed by atoms with E-state index in [4.69, 9.17) is 4.74 Å². The van der Waals surface area contributed by atoms with E-state index in [1.165, 1.54) is 12.1 Å². The van der Waals surface area contributed by atoms with Crippen LogP contribution in [0.4, 0.5) is 0 Å². The van der Waals surface area contributed by atoms with Gasteiger partial charge in [0, 0.05) is 29.5 Å². The van der Waals surface area contributed by atoms with Crippen molar-refractivity contribution in [2.45, 2.75) is 57.3 Å². The molecule has 1 aromatic rings. The van der Waals surface area contributed by atoms with Gasteiger partial charge in [0.1, 0.15) is 17.6 Å². The summed E-state index contributed by atoms with van der Waals surface area (Å²) in [6.07, 6.45) is 4.38. The predicted octanol–water partition coefficient (Wildman–Crippen LogP) is 2.51. The van der Waals surface area contributed by atoms with Crippen LogP contribution in [0.5, 0.6) is 11.5 Å². The lowest BCUT2D eigenvalue weighted by Gasteiger charge is -2.48. The van der Waals surface area contributed by atoms with Crippen LogP contribution in [0.25, 0.3) is 0 Å². The molecule has 7 heteroatoms. The maximum atomic E-state index is 13.7. The van der Waals surface area contributed by atoms with Gasteiger partial charge in [-0.05, 0) is 44.9 Å². The quantitative estimate of drug-likeness (QED) is 0.509. The third-order valence-electron chi connectivity index (χ3n) is 6.43. The van der Waals surface area contributed by atoms with E-state index in [-0.39, 0.29) is 47.5 Å². The van der Waals surface area contributed by atoms with Gasteiger partial charge in [0.2, 0.25) is 5.78 Å². The number of phenols is 2. The second-order valence-electron chi connectivity index (χ2n) is 9.02. The molecule has 4 aliphatic carbocycles. The van der Waals surface area contributed by atoms with Gasteiger partial charge in [-0.2, -0.15) is 0 Å². The summed E-state index contributed by atoms with van der Waals surface area (Å²) >= 11 is 0. The number of ether oxygens (including phenoxy) is 1. The highest BCUT2D eigenvalue weighted by Crippen LogP contribution is 2.49. The van der Waals surface area contributed by atoms with Gasteiger partial charge in [-0.15, -0.1) is 0 Å². The first-order valence-corrected chi connectivity index (χ1v) is 10.2. The van der Waals surface area contributed by atoms with Crippen molar-refractivity contribution in [3.63, 3.8) is 0 Å². The maximum absolute atomic E-state index is 13.7. The third-order valence-corrected chi connectivity index (χ3v) is 6.43. The van der Waals surface area contributed by atoms with Crippen molar-refractivity contribution in [2.75, 3.05) is 6.61 Å². The predicted molar refractivity (Wildman–Crippen MR) is 112 cm³/mol. The third kappa shape index (κ3) is 3.15. The zero-order valence-corrected chi connectivity index (χ0v) is 17.7. The average molecular weight is 426 g/mol. The van der Waals surface area contributed by atoms with Crippen LogP contribution in [0.2, 0.25) is 0 Å². The fourth-order valence-electron chi connectivity index (χ4n) is 4.49. The van der Waals surface area contributed by atoms with Gasteiger partial charge in [0.15, 0.2) is 11.4 Å². The number of rotatable bonds is 1. The number of Topliss-reactive ketones (excluding diaryl/α,β-unsaturated/α-hetero) is 2. The number of phenolic OH excluding ortho intramolecular Hbond substituents is 2. The number of allylic oxidation sites excluding steroid dienone is 2. The molecule has 5 aliphatic rings. The van der Waals surface area contributed by atoms with E-state index in [1.807, 2.05) is 13.0 Å². The number of aliphatic hydroxyl groups is 2. The summed E-state index contributed by atoms with van der Waals surface area (Å²) < 4.78 is 6.16. The molecule has 164 valence electrons. The molecule has 1 spiro atoms. The van der Waals surface area contributed by atoms with Crippen molar-refractivity contribution >= 4 is 11.6 Å². The Morgan fingerprint density at radius 1 is 1.19 bits per heavy atom. The van der Waals surface area contributed by atoms with Crippen molar-refractivity contribution in [1.29, 1.82) is 0 Å². The smallest absolute Gasteiger partial charge is 0.200 e. The second-order valence-corrected chi connectivity index (χ2v) is 9.02. The summed E-state index contributed by atoms with van der Waals surface area (Å²) in [7, 11) is 0. The minimum atomic E-state index is -1.67. The topological polar surface area (TPSA) is 124 Å². The summed E-state index contributed by atoms with van der Waals surface area (Å²) in [4.78, 5) is 27.3. The van der Waals surface area contributed by atoms with E-state index in [9.17, 15) is 30.0 Å². The first kappa shape index (κ1) is 21.5. The molecule has 31 heavy (non-hydrogen) atoms. The molecule has 0 unspecified atom stereocenters. The highest BCUT2D eigenvalue weighted by Gasteiger charge is 2.57. The molecule has 0 saturated heterocycles. The molecule has 0 fully saturated rings. The van der Waals surface area contributed by atoms with Crippen molar-refractivity contribution < 1.29 is 34.8 Å². The largest absolute Gasteiger partial charge is 0.507 e. The van der Waals surface area contributed by atoms with Crippen LogP contribution in [0.1, 0.15) is 59.9 Å². The van der Waals surface area contributed by atoms with Crippen molar-refractivity contribution in [3.05, 3.63) is 57.7 Å². The standard InChI is InChI=1S/C24H26O7/c1-12-4-5-13(11-25)8-14-17(26)9-15-19(20(14)28)21(29)16-10-18(27)23(2,3)31-24(16,7-6-12)22(15)30/h5-6,9-10,18,25-28H,4,7-8,11H2,1-3H3/t18-,24+/m0/s1. The number of aliphatic hydroxyl groups excluding tert-OH is 2. The van der Waals surface area contributed by atoms with E-state index >= 15 is 0 Å². The summed E-state index contributed by atoms with van der Waals surface area (Å²) in [6.45, 7) is 4.86. The zero-order chi connectivity index (χ0) is 22.7. The molecule has 1 heterocycles. The Bertz CT molecular complexity index is 1090. The first-order chi connectivity index (χ1) is 14.5. The zero-order valence-electron chi connectivity index (χ0n) is 17.7. The second kappa shape index (κ2) is 7.15. The molecule has 4 bridgehead atoms. The highest BCUT2D eigenvalue weighted by atomic mass is 16.5. The Labute approximate surface area is 180 Å². The van der Waals surface area contributed by atoms with Crippen LogP contribution < -0.4 is 0 Å². The van der Waals surface area contributed by atoms with E-state index in [1.54, 1.807) is 19.9 Å². The number of hydrogen-bond donors (Lipinski definition) is 4. The van der Waals surface area contributed by atoms with Crippen LogP contribution in [-0.4, -0.2) is 55.9 Å². The van der Waals surface area contributed by atoms with Crippen LogP contribution in [0.15, 0.2) is 41.0 Å². The molecule has 7 nitrogen and oxygen atoms in total. The molecule has 0 saturated carbocycles. The lowest BCUT2D eigenvalue weighted by Crippen LogP contribution is -2.59. The maximum Gasteiger partial charge on any atom is 0.200 e. The normalized spacial score (nSPS) is 27.5. The van der Waals surface area contributed by atoms with Crippen molar-refractivity contribution in [3.8, 4) is 11.5 Å². The molecule has 4 N–H and O–H groups in total. The van der Waals surface area contributed by atoms with Gasteiger partial charge in [-0.1, -0.05) is 17.7 Å². The first-order valence-electron chi connectivity index (χ1n) is 10.2. The van der Waals surface area contributed by atoms with Gasteiger partial charge < -0.3 is 25.2 Å². The lowest BCUT2D eigenvalue weighted by atomic mass is 9.69.